The zero-order valence-electron chi connectivity index (χ0n) is 26.0. The number of rotatable bonds is 5. The van der Waals surface area contributed by atoms with Gasteiger partial charge in [0.05, 0.1) is 11.5 Å². The molecule has 10 nitrogen and oxygen atoms in total. The van der Waals surface area contributed by atoms with Gasteiger partial charge >= 0.3 is 23.9 Å². The minimum absolute atomic E-state index is 0.0102. The molecule has 2 aliphatic carbocycles. The van der Waals surface area contributed by atoms with E-state index in [4.69, 9.17) is 18.9 Å². The zero-order valence-corrected chi connectivity index (χ0v) is 26.0. The van der Waals surface area contributed by atoms with E-state index in [1.54, 1.807) is 83.2 Å². The summed E-state index contributed by atoms with van der Waals surface area (Å²) < 4.78 is 23.0. The van der Waals surface area contributed by atoms with Gasteiger partial charge in [0.1, 0.15) is 11.7 Å². The Labute approximate surface area is 252 Å². The van der Waals surface area contributed by atoms with Gasteiger partial charge in [0.2, 0.25) is 0 Å². The van der Waals surface area contributed by atoms with E-state index in [1.807, 2.05) is 0 Å². The molecule has 43 heavy (non-hydrogen) atoms. The highest BCUT2D eigenvalue weighted by Crippen LogP contribution is 2.46. The highest BCUT2D eigenvalue weighted by molar-refractivity contribution is 5.92. The third-order valence-electron chi connectivity index (χ3n) is 8.12. The maximum Gasteiger partial charge on any atom is 0.338 e. The average molecular weight is 599 g/mol. The van der Waals surface area contributed by atoms with Gasteiger partial charge in [0.15, 0.2) is 24.1 Å². The number of carbonyl (C=O) groups excluding carboxylic acids is 5. The molecule has 2 aliphatic rings. The van der Waals surface area contributed by atoms with Crippen LogP contribution in [0.15, 0.2) is 54.1 Å². The number of fused-ring (bicyclic) bond motifs is 1. The molecule has 0 saturated heterocycles. The number of allylic oxidation sites excluding steroid dienone is 1. The lowest BCUT2D eigenvalue weighted by Crippen LogP contribution is -2.52. The van der Waals surface area contributed by atoms with Gasteiger partial charge in [-0.1, -0.05) is 64.1 Å². The van der Waals surface area contributed by atoms with Crippen LogP contribution in [0, 0.1) is 23.2 Å². The van der Waals surface area contributed by atoms with Crippen LogP contribution < -0.4 is 0 Å². The van der Waals surface area contributed by atoms with Crippen LogP contribution in [0.4, 0.5) is 0 Å². The second kappa shape index (κ2) is 13.2. The van der Waals surface area contributed by atoms with Crippen molar-refractivity contribution in [2.45, 2.75) is 91.8 Å². The Balaban J connectivity index is 2.26. The van der Waals surface area contributed by atoms with Gasteiger partial charge in [-0.15, -0.1) is 0 Å². The van der Waals surface area contributed by atoms with Crippen molar-refractivity contribution in [2.75, 3.05) is 0 Å². The van der Waals surface area contributed by atoms with Crippen LogP contribution in [0.25, 0.3) is 0 Å². The first-order chi connectivity index (χ1) is 20.0. The summed E-state index contributed by atoms with van der Waals surface area (Å²) in [7, 11) is 0. The molecule has 1 fully saturated rings. The summed E-state index contributed by atoms with van der Waals surface area (Å²) in [4.78, 5) is 64.1. The smallest absolute Gasteiger partial charge is 0.338 e. The topological polar surface area (TPSA) is 143 Å². The normalized spacial score (nSPS) is 34.2. The first-order valence-corrected chi connectivity index (χ1v) is 14.4. The SMILES string of the molecule is CC(=O)O[C@H]1[C@H](OC(C)=O)/C(C)=C\[C@H]2[C@@H](OC(=O)c3ccccc3)[C@H](C)C[C@]2(O)C(=O)[C@@H](C)/C=C/C(C)(C)[C@@H]1OC(C)=O. The maximum absolute atomic E-state index is 13.9. The van der Waals surface area contributed by atoms with Gasteiger partial charge < -0.3 is 24.1 Å². The maximum atomic E-state index is 13.9. The summed E-state index contributed by atoms with van der Waals surface area (Å²) in [6, 6.07) is 8.36. The van der Waals surface area contributed by atoms with Crippen LogP contribution in [0.5, 0.6) is 0 Å². The summed E-state index contributed by atoms with van der Waals surface area (Å²) >= 11 is 0. The second-order valence-corrected chi connectivity index (χ2v) is 12.2. The lowest BCUT2D eigenvalue weighted by atomic mass is 9.75. The van der Waals surface area contributed by atoms with Crippen molar-refractivity contribution in [3.05, 3.63) is 59.7 Å². The molecule has 1 aromatic rings. The molecule has 0 spiro atoms. The number of hydrogen-bond donors (Lipinski definition) is 1. The Morgan fingerprint density at radius 1 is 0.860 bits per heavy atom. The molecule has 10 heteroatoms. The first-order valence-electron chi connectivity index (χ1n) is 14.4. The van der Waals surface area contributed by atoms with Gasteiger partial charge in [-0.05, 0) is 37.0 Å². The van der Waals surface area contributed by atoms with Crippen LogP contribution in [0.3, 0.4) is 0 Å². The van der Waals surface area contributed by atoms with E-state index >= 15 is 0 Å². The van der Waals surface area contributed by atoms with Crippen LogP contribution in [0.2, 0.25) is 0 Å². The largest absolute Gasteiger partial charge is 0.458 e. The molecule has 0 aromatic heterocycles. The standard InChI is InChI=1S/C33H42O10/c1-18-14-15-32(7,8)30(42-23(6)36)28(41-22(5)35)27(40-21(4)34)19(2)16-25-26(20(3)17-33(25,39)29(18)37)43-31(38)24-12-10-9-11-13-24/h9-16,18,20,25-28,30,39H,17H2,1-8H3/b15-14+,19-16-/t18-,20+,25-,26-,27+,28-,30+,33+/m0/s1. The van der Waals surface area contributed by atoms with E-state index in [1.165, 1.54) is 20.8 Å². The molecule has 1 aromatic carbocycles. The van der Waals surface area contributed by atoms with Crippen molar-refractivity contribution in [1.29, 1.82) is 0 Å². The van der Waals surface area contributed by atoms with Gasteiger partial charge in [0.25, 0.3) is 0 Å². The first kappa shape index (κ1) is 33.7. The molecule has 1 N–H and O–H groups in total. The Morgan fingerprint density at radius 2 is 1.44 bits per heavy atom. The third-order valence-corrected chi connectivity index (χ3v) is 8.12. The predicted molar refractivity (Wildman–Crippen MR) is 155 cm³/mol. The van der Waals surface area contributed by atoms with Crippen molar-refractivity contribution in [3.8, 4) is 0 Å². The number of esters is 4. The fraction of sp³-hybridized carbons (Fsp3) is 0.545. The van der Waals surface area contributed by atoms with E-state index in [9.17, 15) is 29.1 Å². The van der Waals surface area contributed by atoms with Crippen LogP contribution >= 0.6 is 0 Å². The molecular weight excluding hydrogens is 556 g/mol. The van der Waals surface area contributed by atoms with Crippen LogP contribution in [-0.2, 0) is 38.1 Å². The van der Waals surface area contributed by atoms with Gasteiger partial charge in [-0.3, -0.25) is 19.2 Å². The molecule has 0 amide bonds. The number of hydrogen-bond acceptors (Lipinski definition) is 10. The molecule has 0 unspecified atom stereocenters. The van der Waals surface area contributed by atoms with Crippen LogP contribution in [-0.4, -0.2) is 64.8 Å². The van der Waals surface area contributed by atoms with Crippen molar-refractivity contribution in [1.82, 2.24) is 0 Å². The minimum atomic E-state index is -1.94. The molecule has 0 bridgehead atoms. The molecule has 1 saturated carbocycles. The van der Waals surface area contributed by atoms with Crippen molar-refractivity contribution < 1.29 is 48.0 Å². The van der Waals surface area contributed by atoms with E-state index < -0.39 is 82.8 Å². The molecule has 8 atom stereocenters. The number of ketones is 1. The molecule has 3 rings (SSSR count). The Hall–Kier alpha value is -3.79. The van der Waals surface area contributed by atoms with Crippen molar-refractivity contribution in [3.63, 3.8) is 0 Å². The van der Waals surface area contributed by atoms with E-state index in [0.29, 0.717) is 11.1 Å². The fourth-order valence-electron chi connectivity index (χ4n) is 6.06. The minimum Gasteiger partial charge on any atom is -0.458 e. The van der Waals surface area contributed by atoms with E-state index in [0.717, 1.165) is 0 Å². The molecule has 0 aliphatic heterocycles. The predicted octanol–water partition coefficient (Wildman–Crippen LogP) is 4.14. The van der Waals surface area contributed by atoms with Gasteiger partial charge in [-0.25, -0.2) is 4.79 Å². The van der Waals surface area contributed by atoms with Crippen LogP contribution in [0.1, 0.15) is 72.2 Å². The molecule has 0 radical (unpaired) electrons. The Morgan fingerprint density at radius 3 is 2.00 bits per heavy atom. The zero-order chi connectivity index (χ0) is 32.3. The number of ether oxygens (including phenoxy) is 4. The summed E-state index contributed by atoms with van der Waals surface area (Å²) in [5, 5.41) is 12.1. The molecule has 234 valence electrons. The summed E-state index contributed by atoms with van der Waals surface area (Å²) in [6.07, 6.45) is 0.162. The third kappa shape index (κ3) is 7.60. The van der Waals surface area contributed by atoms with E-state index in [2.05, 4.69) is 0 Å². The number of aliphatic hydroxyl groups is 1. The molecule has 0 heterocycles. The quantitative estimate of drug-likeness (QED) is 0.298. The number of benzene rings is 1. The monoisotopic (exact) mass is 598 g/mol. The molecular formula is C33H42O10. The highest BCUT2D eigenvalue weighted by Gasteiger charge is 2.57. The summed E-state index contributed by atoms with van der Waals surface area (Å²) in [6.45, 7) is 12.1. The number of carbonyl (C=O) groups is 5. The summed E-state index contributed by atoms with van der Waals surface area (Å²) in [5.41, 5.74) is -2.36. The van der Waals surface area contributed by atoms with Crippen molar-refractivity contribution in [2.24, 2.45) is 23.2 Å². The van der Waals surface area contributed by atoms with E-state index in [-0.39, 0.29) is 6.42 Å². The fourth-order valence-corrected chi connectivity index (χ4v) is 6.06. The van der Waals surface area contributed by atoms with Crippen molar-refractivity contribution >= 4 is 29.7 Å². The number of Topliss-reactive ketones (excluding diaryl/α,β-unsaturated/α-hetero) is 1. The lowest BCUT2D eigenvalue weighted by Gasteiger charge is -2.40. The summed E-state index contributed by atoms with van der Waals surface area (Å²) in [5.74, 6) is -5.44. The Bertz CT molecular complexity index is 1300. The highest BCUT2D eigenvalue weighted by atomic mass is 16.6. The Kier molecular flexibility index (Phi) is 10.4. The lowest BCUT2D eigenvalue weighted by molar-refractivity contribution is -0.187. The van der Waals surface area contributed by atoms with Gasteiger partial charge in [0, 0.05) is 32.1 Å². The second-order valence-electron chi connectivity index (χ2n) is 12.2. The van der Waals surface area contributed by atoms with Gasteiger partial charge in [-0.2, -0.15) is 0 Å². The average Bonchev–Trinajstić information content (AvgIpc) is 3.16.